The van der Waals surface area contributed by atoms with Crippen LogP contribution in [0, 0.1) is 7.14 Å². The summed E-state index contributed by atoms with van der Waals surface area (Å²) >= 11 is 5.53. The Labute approximate surface area is 155 Å². The van der Waals surface area contributed by atoms with Crippen molar-refractivity contribution < 1.29 is 16.8 Å². The van der Waals surface area contributed by atoms with E-state index in [9.17, 15) is 16.8 Å². The topological polar surface area (TPSA) is 68.3 Å². The van der Waals surface area contributed by atoms with Gasteiger partial charge in [-0.05, 0) is 70.2 Å². The van der Waals surface area contributed by atoms with E-state index in [-0.39, 0.29) is 20.3 Å². The van der Waals surface area contributed by atoms with Crippen molar-refractivity contribution in [3.63, 3.8) is 0 Å². The van der Waals surface area contributed by atoms with Gasteiger partial charge in [0.2, 0.25) is 0 Å². The molecule has 21 heavy (non-hydrogen) atoms. The van der Waals surface area contributed by atoms with Gasteiger partial charge in [-0.2, -0.15) is 11.8 Å². The molecule has 0 amide bonds. The Morgan fingerprint density at radius 3 is 2.14 bits per heavy atom. The maximum atomic E-state index is 13.0. The first-order valence-electron chi connectivity index (χ1n) is 6.37. The summed E-state index contributed by atoms with van der Waals surface area (Å²) in [4.78, 5) is 0.0612. The monoisotopic (exact) mass is 568 g/mol. The fourth-order valence-corrected chi connectivity index (χ4v) is 15.5. The summed E-state index contributed by atoms with van der Waals surface area (Å²) in [6.07, 6.45) is 1.61. The van der Waals surface area contributed by atoms with Crippen molar-refractivity contribution in [1.29, 1.82) is 0 Å². The zero-order valence-corrected chi connectivity index (χ0v) is 17.3. The van der Waals surface area contributed by atoms with E-state index in [0.717, 1.165) is 16.4 Å². The lowest BCUT2D eigenvalue weighted by Crippen LogP contribution is -2.51. The molecule has 0 aliphatic carbocycles. The van der Waals surface area contributed by atoms with Gasteiger partial charge in [-0.1, -0.05) is 0 Å². The predicted molar refractivity (Wildman–Crippen MR) is 98.2 cm³/mol. The van der Waals surface area contributed by atoms with Crippen molar-refractivity contribution in [2.45, 2.75) is 43.6 Å². The van der Waals surface area contributed by atoms with E-state index >= 15 is 0 Å². The molecule has 0 spiro atoms. The van der Waals surface area contributed by atoms with E-state index in [4.69, 9.17) is 0 Å². The molecule has 4 nitrogen and oxygen atoms in total. The minimum absolute atomic E-state index is 0.0215. The fourth-order valence-electron chi connectivity index (χ4n) is 3.66. The lowest BCUT2D eigenvalue weighted by molar-refractivity contribution is 0.499. The fraction of sp³-hybridized carbons (Fsp3) is 0.500. The van der Waals surface area contributed by atoms with Crippen LogP contribution >= 0.6 is 56.9 Å². The highest BCUT2D eigenvalue weighted by molar-refractivity contribution is 14.1. The number of rotatable bonds is 0. The average Bonchev–Trinajstić information content (AvgIpc) is 2.96. The first kappa shape index (κ1) is 15.5. The van der Waals surface area contributed by atoms with E-state index in [1.807, 2.05) is 45.2 Å². The average molecular weight is 568 g/mol. The SMILES string of the molecule is O=S1(=O)c2cc(I)cc(I)c2S(=O)(=O)C2C3CCC(S3)C21. The van der Waals surface area contributed by atoms with E-state index in [0.29, 0.717) is 3.57 Å². The number of sulfone groups is 2. The smallest absolute Gasteiger partial charge is 0.186 e. The van der Waals surface area contributed by atoms with E-state index in [2.05, 4.69) is 0 Å². The summed E-state index contributed by atoms with van der Waals surface area (Å²) < 4.78 is 53.3. The lowest BCUT2D eigenvalue weighted by Gasteiger charge is -2.34. The molecule has 2 bridgehead atoms. The molecule has 3 aliphatic heterocycles. The Hall–Kier alpha value is 0.930. The van der Waals surface area contributed by atoms with Gasteiger partial charge in [0.15, 0.2) is 19.7 Å². The van der Waals surface area contributed by atoms with Crippen LogP contribution in [0.1, 0.15) is 12.8 Å². The van der Waals surface area contributed by atoms with Crippen molar-refractivity contribution in [3.05, 3.63) is 19.3 Å². The third kappa shape index (κ3) is 1.96. The van der Waals surface area contributed by atoms with E-state index < -0.39 is 30.2 Å². The van der Waals surface area contributed by atoms with E-state index in [1.54, 1.807) is 17.8 Å². The van der Waals surface area contributed by atoms with Gasteiger partial charge in [0.05, 0.1) is 20.3 Å². The summed E-state index contributed by atoms with van der Waals surface area (Å²) in [5.74, 6) is 0. The van der Waals surface area contributed by atoms with Gasteiger partial charge < -0.3 is 0 Å². The third-order valence-electron chi connectivity index (χ3n) is 4.42. The molecule has 0 radical (unpaired) electrons. The highest BCUT2D eigenvalue weighted by Gasteiger charge is 2.63. The predicted octanol–water partition coefficient (Wildman–Crippen LogP) is 2.47. The summed E-state index contributed by atoms with van der Waals surface area (Å²) in [6.45, 7) is 0. The molecule has 3 aliphatic rings. The first-order chi connectivity index (χ1) is 9.74. The zero-order valence-electron chi connectivity index (χ0n) is 10.5. The maximum absolute atomic E-state index is 13.0. The van der Waals surface area contributed by atoms with Gasteiger partial charge in [0.1, 0.15) is 0 Å². The van der Waals surface area contributed by atoms with Crippen LogP contribution in [0.5, 0.6) is 0 Å². The van der Waals surface area contributed by atoms with Crippen LogP contribution < -0.4 is 0 Å². The highest BCUT2D eigenvalue weighted by Crippen LogP contribution is 2.56. The first-order valence-corrected chi connectivity index (χ1v) is 12.6. The van der Waals surface area contributed by atoms with Crippen LogP contribution in [0.2, 0.25) is 0 Å². The van der Waals surface area contributed by atoms with Crippen LogP contribution in [-0.2, 0) is 19.7 Å². The molecular formula is C12H10I2O4S3. The summed E-state index contributed by atoms with van der Waals surface area (Å²) in [5, 5.41) is -1.65. The maximum Gasteiger partial charge on any atom is 0.186 e. The Kier molecular flexibility index (Phi) is 3.48. The standard InChI is InChI=1S/C12H10I2O4S3/c13-5-3-6(14)10-9(4-5)20(15,16)11-7-1-2-8(19-7)12(11)21(10,17)18/h3-4,7-8,11-12H,1-2H2. The Morgan fingerprint density at radius 1 is 0.952 bits per heavy atom. The quantitative estimate of drug-likeness (QED) is 0.451. The van der Waals surface area contributed by atoms with Crippen molar-refractivity contribution >= 4 is 76.6 Å². The number of benzene rings is 1. The van der Waals surface area contributed by atoms with Gasteiger partial charge in [0, 0.05) is 17.6 Å². The van der Waals surface area contributed by atoms with Gasteiger partial charge in [-0.15, -0.1) is 0 Å². The number of hydrogen-bond donors (Lipinski definition) is 0. The highest BCUT2D eigenvalue weighted by atomic mass is 127. The van der Waals surface area contributed by atoms with Crippen molar-refractivity contribution in [1.82, 2.24) is 0 Å². The van der Waals surface area contributed by atoms with Crippen LogP contribution in [0.4, 0.5) is 0 Å². The summed E-state index contributed by atoms with van der Waals surface area (Å²) in [6, 6.07) is 3.24. The molecule has 1 aromatic carbocycles. The summed E-state index contributed by atoms with van der Waals surface area (Å²) in [7, 11) is -7.16. The van der Waals surface area contributed by atoms with Crippen molar-refractivity contribution in [3.8, 4) is 0 Å². The van der Waals surface area contributed by atoms with Gasteiger partial charge in [-0.25, -0.2) is 16.8 Å². The molecule has 9 heteroatoms. The lowest BCUT2D eigenvalue weighted by atomic mass is 10.00. The minimum atomic E-state index is -3.58. The number of hydrogen-bond acceptors (Lipinski definition) is 5. The molecule has 4 atom stereocenters. The summed E-state index contributed by atoms with van der Waals surface area (Å²) in [5.41, 5.74) is 0. The molecule has 114 valence electrons. The van der Waals surface area contributed by atoms with Crippen LogP contribution in [-0.4, -0.2) is 37.8 Å². The Balaban J connectivity index is 2.12. The number of halogens is 2. The second-order valence-electron chi connectivity index (χ2n) is 5.52. The molecule has 1 aromatic rings. The van der Waals surface area contributed by atoms with Crippen LogP contribution in [0.25, 0.3) is 0 Å². The van der Waals surface area contributed by atoms with Gasteiger partial charge in [0.25, 0.3) is 0 Å². The molecule has 2 saturated heterocycles. The molecule has 4 rings (SSSR count). The Morgan fingerprint density at radius 2 is 1.52 bits per heavy atom. The molecular weight excluding hydrogens is 558 g/mol. The molecule has 3 heterocycles. The van der Waals surface area contributed by atoms with Crippen molar-refractivity contribution in [2.75, 3.05) is 0 Å². The zero-order chi connectivity index (χ0) is 15.2. The normalized spacial score (nSPS) is 38.0. The largest absolute Gasteiger partial charge is 0.223 e. The van der Waals surface area contributed by atoms with Crippen LogP contribution in [0.15, 0.2) is 21.9 Å². The third-order valence-corrected chi connectivity index (χ3v) is 13.3. The molecule has 2 fully saturated rings. The molecule has 0 N–H and O–H groups in total. The van der Waals surface area contributed by atoms with Crippen molar-refractivity contribution in [2.24, 2.45) is 0 Å². The van der Waals surface area contributed by atoms with Gasteiger partial charge in [-0.3, -0.25) is 0 Å². The second-order valence-corrected chi connectivity index (χ2v) is 13.5. The number of thioether (sulfide) groups is 1. The minimum Gasteiger partial charge on any atom is -0.223 e. The van der Waals surface area contributed by atoms with Crippen LogP contribution in [0.3, 0.4) is 0 Å². The Bertz CT molecular complexity index is 863. The molecule has 4 unspecified atom stereocenters. The second kappa shape index (κ2) is 4.73. The number of fused-ring (bicyclic) bond motifs is 6. The molecule has 0 aromatic heterocycles. The van der Waals surface area contributed by atoms with E-state index in [1.165, 1.54) is 6.07 Å². The molecule has 0 saturated carbocycles. The van der Waals surface area contributed by atoms with Gasteiger partial charge >= 0.3 is 0 Å².